The maximum absolute atomic E-state index is 12.5. The Labute approximate surface area is 114 Å². The largest absolute Gasteiger partial charge is 0.480 e. The molecular weight excluding hydrogens is 242 g/mol. The van der Waals surface area contributed by atoms with Gasteiger partial charge < -0.3 is 10.0 Å². The second-order valence-corrected chi connectivity index (χ2v) is 5.83. The lowest BCUT2D eigenvalue weighted by molar-refractivity contribution is -0.138. The van der Waals surface area contributed by atoms with Gasteiger partial charge in [0.2, 0.25) is 0 Å². The molecule has 0 aromatic heterocycles. The predicted octanol–water partition coefficient (Wildman–Crippen LogP) is 2.63. The smallest absolute Gasteiger partial charge is 0.323 e. The van der Waals surface area contributed by atoms with Crippen LogP contribution in [0, 0.1) is 13.8 Å². The molecule has 0 spiro atoms. The molecule has 4 nitrogen and oxygen atoms in total. The van der Waals surface area contributed by atoms with Crippen molar-refractivity contribution in [3.05, 3.63) is 34.9 Å². The van der Waals surface area contributed by atoms with Gasteiger partial charge in [-0.3, -0.25) is 9.59 Å². The molecule has 0 aliphatic heterocycles. The third-order valence-electron chi connectivity index (χ3n) is 2.82. The summed E-state index contributed by atoms with van der Waals surface area (Å²) in [5.74, 6) is -1.26. The average Bonchev–Trinajstić information content (AvgIpc) is 2.21. The molecule has 0 fully saturated rings. The Morgan fingerprint density at radius 3 is 1.95 bits per heavy atom. The summed E-state index contributed by atoms with van der Waals surface area (Å²) < 4.78 is 0. The zero-order valence-electron chi connectivity index (χ0n) is 12.2. The van der Waals surface area contributed by atoms with Crippen LogP contribution in [0.25, 0.3) is 0 Å². The van der Waals surface area contributed by atoms with Gasteiger partial charge in [-0.15, -0.1) is 0 Å². The fourth-order valence-corrected chi connectivity index (χ4v) is 2.00. The summed E-state index contributed by atoms with van der Waals surface area (Å²) in [5, 5.41) is 8.96. The first-order valence-corrected chi connectivity index (χ1v) is 6.23. The van der Waals surface area contributed by atoms with Gasteiger partial charge in [-0.1, -0.05) is 17.2 Å². The fourth-order valence-electron chi connectivity index (χ4n) is 2.00. The summed E-state index contributed by atoms with van der Waals surface area (Å²) in [7, 11) is 0. The van der Waals surface area contributed by atoms with Crippen molar-refractivity contribution in [2.45, 2.75) is 40.2 Å². The zero-order valence-corrected chi connectivity index (χ0v) is 12.2. The van der Waals surface area contributed by atoms with E-state index in [1.165, 1.54) is 4.90 Å². The highest BCUT2D eigenvalue weighted by Crippen LogP contribution is 2.18. The number of hydrogen-bond acceptors (Lipinski definition) is 2. The zero-order chi connectivity index (χ0) is 14.8. The molecule has 0 radical (unpaired) electrons. The maximum atomic E-state index is 12.5. The van der Waals surface area contributed by atoms with E-state index in [0.717, 1.165) is 11.1 Å². The van der Waals surface area contributed by atoms with Gasteiger partial charge in [0.15, 0.2) is 0 Å². The van der Waals surface area contributed by atoms with Gasteiger partial charge >= 0.3 is 5.97 Å². The molecule has 19 heavy (non-hydrogen) atoms. The molecule has 1 amide bonds. The lowest BCUT2D eigenvalue weighted by Gasteiger charge is -2.34. The number of carbonyl (C=O) groups is 2. The van der Waals surface area contributed by atoms with E-state index in [1.807, 2.05) is 40.7 Å². The minimum Gasteiger partial charge on any atom is -0.480 e. The van der Waals surface area contributed by atoms with Crippen LogP contribution in [0.15, 0.2) is 18.2 Å². The Hall–Kier alpha value is -1.84. The molecular formula is C15H21NO3. The van der Waals surface area contributed by atoms with Gasteiger partial charge in [0.05, 0.1) is 0 Å². The van der Waals surface area contributed by atoms with E-state index < -0.39 is 11.5 Å². The van der Waals surface area contributed by atoms with Gasteiger partial charge in [0, 0.05) is 11.1 Å². The van der Waals surface area contributed by atoms with Crippen molar-refractivity contribution in [2.75, 3.05) is 6.54 Å². The molecule has 0 bridgehead atoms. The topological polar surface area (TPSA) is 57.6 Å². The molecule has 0 saturated carbocycles. The van der Waals surface area contributed by atoms with E-state index >= 15 is 0 Å². The summed E-state index contributed by atoms with van der Waals surface area (Å²) in [6.07, 6.45) is 0. The van der Waals surface area contributed by atoms with Crippen LogP contribution in [-0.2, 0) is 4.79 Å². The number of amides is 1. The molecule has 0 aliphatic rings. The highest BCUT2D eigenvalue weighted by Gasteiger charge is 2.29. The number of nitrogens with zero attached hydrogens (tertiary/aromatic N) is 1. The Morgan fingerprint density at radius 2 is 1.58 bits per heavy atom. The van der Waals surface area contributed by atoms with E-state index in [2.05, 4.69) is 0 Å². The number of benzene rings is 1. The molecule has 0 saturated heterocycles. The van der Waals surface area contributed by atoms with Crippen LogP contribution in [0.4, 0.5) is 0 Å². The first-order chi connectivity index (χ1) is 8.61. The van der Waals surface area contributed by atoms with E-state index in [9.17, 15) is 9.59 Å². The van der Waals surface area contributed by atoms with Gasteiger partial charge in [-0.05, 0) is 46.8 Å². The predicted molar refractivity (Wildman–Crippen MR) is 74.3 cm³/mol. The molecule has 1 rings (SSSR count). The lowest BCUT2D eigenvalue weighted by Crippen LogP contribution is -2.48. The number of aliphatic carboxylic acids is 1. The standard InChI is InChI=1S/C15H21NO3/c1-10-6-11(2)8-12(7-10)14(19)16(9-13(17)18)15(3,4)5/h6-8H,9H2,1-5H3,(H,17,18). The monoisotopic (exact) mass is 263 g/mol. The average molecular weight is 263 g/mol. The van der Waals surface area contributed by atoms with Crippen molar-refractivity contribution >= 4 is 11.9 Å². The lowest BCUT2D eigenvalue weighted by atomic mass is 10.0. The number of carboxylic acids is 1. The Morgan fingerprint density at radius 1 is 1.11 bits per heavy atom. The van der Waals surface area contributed by atoms with Crippen molar-refractivity contribution in [2.24, 2.45) is 0 Å². The van der Waals surface area contributed by atoms with Gasteiger partial charge in [-0.2, -0.15) is 0 Å². The van der Waals surface area contributed by atoms with Crippen LogP contribution in [0.2, 0.25) is 0 Å². The molecule has 1 N–H and O–H groups in total. The number of hydrogen-bond donors (Lipinski definition) is 1. The third kappa shape index (κ3) is 4.09. The van der Waals surface area contributed by atoms with Crippen LogP contribution in [-0.4, -0.2) is 34.0 Å². The van der Waals surface area contributed by atoms with Gasteiger partial charge in [-0.25, -0.2) is 0 Å². The van der Waals surface area contributed by atoms with Crippen molar-refractivity contribution in [3.8, 4) is 0 Å². The maximum Gasteiger partial charge on any atom is 0.323 e. The Bertz CT molecular complexity index is 480. The van der Waals surface area contributed by atoms with E-state index in [1.54, 1.807) is 12.1 Å². The molecule has 0 aliphatic carbocycles. The summed E-state index contributed by atoms with van der Waals surface area (Å²) in [6, 6.07) is 5.56. The summed E-state index contributed by atoms with van der Waals surface area (Å²) >= 11 is 0. The fraction of sp³-hybridized carbons (Fsp3) is 0.467. The molecule has 104 valence electrons. The van der Waals surface area contributed by atoms with E-state index in [4.69, 9.17) is 5.11 Å². The molecule has 1 aromatic rings. The number of rotatable bonds is 3. The minimum atomic E-state index is -1.01. The van der Waals surface area contributed by atoms with Crippen LogP contribution < -0.4 is 0 Å². The normalized spacial score (nSPS) is 11.2. The van der Waals surface area contributed by atoms with Crippen molar-refractivity contribution in [1.29, 1.82) is 0 Å². The van der Waals surface area contributed by atoms with Gasteiger partial charge in [0.1, 0.15) is 6.54 Å². The third-order valence-corrected chi connectivity index (χ3v) is 2.82. The van der Waals surface area contributed by atoms with Crippen LogP contribution in [0.1, 0.15) is 42.3 Å². The molecule has 4 heteroatoms. The number of carbonyl (C=O) groups excluding carboxylic acids is 1. The first-order valence-electron chi connectivity index (χ1n) is 6.23. The van der Waals surface area contributed by atoms with Gasteiger partial charge in [0.25, 0.3) is 5.91 Å². The second kappa shape index (κ2) is 5.43. The summed E-state index contributed by atoms with van der Waals surface area (Å²) in [4.78, 5) is 24.8. The van der Waals surface area contributed by atoms with Crippen LogP contribution in [0.3, 0.4) is 0 Å². The molecule has 0 atom stereocenters. The number of aryl methyl sites for hydroxylation is 2. The molecule has 0 heterocycles. The minimum absolute atomic E-state index is 0.248. The van der Waals surface area contributed by atoms with Crippen molar-refractivity contribution in [1.82, 2.24) is 4.90 Å². The van der Waals surface area contributed by atoms with E-state index in [0.29, 0.717) is 5.56 Å². The van der Waals surface area contributed by atoms with Crippen LogP contribution >= 0.6 is 0 Å². The van der Waals surface area contributed by atoms with E-state index in [-0.39, 0.29) is 12.5 Å². The highest BCUT2D eigenvalue weighted by atomic mass is 16.4. The molecule has 0 unspecified atom stereocenters. The van der Waals surface area contributed by atoms with Crippen molar-refractivity contribution < 1.29 is 14.7 Å². The Kier molecular flexibility index (Phi) is 4.35. The quantitative estimate of drug-likeness (QED) is 0.912. The SMILES string of the molecule is Cc1cc(C)cc(C(=O)N(CC(=O)O)C(C)(C)C)c1. The summed E-state index contributed by atoms with van der Waals surface area (Å²) in [6.45, 7) is 9.03. The number of carboxylic acid groups (broad SMARTS) is 1. The first kappa shape index (κ1) is 15.2. The van der Waals surface area contributed by atoms with Crippen LogP contribution in [0.5, 0.6) is 0 Å². The highest BCUT2D eigenvalue weighted by molar-refractivity contribution is 5.96. The molecule has 1 aromatic carbocycles. The summed E-state index contributed by atoms with van der Waals surface area (Å²) in [5.41, 5.74) is 1.99. The Balaban J connectivity index is 3.15. The second-order valence-electron chi connectivity index (χ2n) is 5.83. The van der Waals surface area contributed by atoms with Crippen molar-refractivity contribution in [3.63, 3.8) is 0 Å².